The predicted octanol–water partition coefficient (Wildman–Crippen LogP) is 3.11. The smallest absolute Gasteiger partial charge is 0.356 e. The maximum Gasteiger partial charge on any atom is 0.417 e. The van der Waals surface area contributed by atoms with Crippen LogP contribution in [0.25, 0.3) is 0 Å². The highest BCUT2D eigenvalue weighted by molar-refractivity contribution is 5.76. The molecule has 3 aliphatic rings. The fourth-order valence-corrected chi connectivity index (χ4v) is 4.88. The number of carbonyl (C=O) groups is 1. The van der Waals surface area contributed by atoms with Crippen LogP contribution in [0.1, 0.15) is 50.5 Å². The summed E-state index contributed by atoms with van der Waals surface area (Å²) < 4.78 is 38.0. The summed E-state index contributed by atoms with van der Waals surface area (Å²) in [5.74, 6) is 1.18. The van der Waals surface area contributed by atoms with Crippen LogP contribution in [0.15, 0.2) is 18.3 Å². The van der Waals surface area contributed by atoms with Gasteiger partial charge in [0.25, 0.3) is 0 Å². The number of anilines is 1. The van der Waals surface area contributed by atoms with Crippen LogP contribution in [0, 0.1) is 5.92 Å². The van der Waals surface area contributed by atoms with Crippen molar-refractivity contribution in [3.05, 3.63) is 23.9 Å². The van der Waals surface area contributed by atoms with Crippen molar-refractivity contribution < 1.29 is 18.0 Å². The van der Waals surface area contributed by atoms with Gasteiger partial charge in [0, 0.05) is 43.8 Å². The normalized spacial score (nSPS) is 28.4. The van der Waals surface area contributed by atoms with Gasteiger partial charge in [0.15, 0.2) is 0 Å². The van der Waals surface area contributed by atoms with E-state index < -0.39 is 11.7 Å². The van der Waals surface area contributed by atoms with E-state index in [1.165, 1.54) is 18.9 Å². The van der Waals surface area contributed by atoms with Gasteiger partial charge < -0.3 is 15.5 Å². The molecular weight excluding hydrogens is 369 g/mol. The van der Waals surface area contributed by atoms with Gasteiger partial charge in [-0.3, -0.25) is 4.79 Å². The van der Waals surface area contributed by atoms with Gasteiger partial charge in [0.2, 0.25) is 5.91 Å². The molecule has 5 nitrogen and oxygen atoms in total. The van der Waals surface area contributed by atoms with E-state index in [-0.39, 0.29) is 11.9 Å². The highest BCUT2D eigenvalue weighted by Gasteiger charge is 2.34. The molecule has 0 radical (unpaired) electrons. The second kappa shape index (κ2) is 7.89. The zero-order valence-electron chi connectivity index (χ0n) is 15.8. The summed E-state index contributed by atoms with van der Waals surface area (Å²) in [5, 5.41) is 6.76. The molecule has 3 fully saturated rings. The Balaban J connectivity index is 1.22. The first-order valence-electron chi connectivity index (χ1n) is 10.2. The Bertz CT molecular complexity index is 674. The summed E-state index contributed by atoms with van der Waals surface area (Å²) in [6.45, 7) is 1.36. The molecule has 2 N–H and O–H groups in total. The molecule has 0 aromatic carbocycles. The van der Waals surface area contributed by atoms with Crippen molar-refractivity contribution in [3.63, 3.8) is 0 Å². The molecule has 0 spiro atoms. The molecule has 2 bridgehead atoms. The molecule has 4 rings (SSSR count). The molecule has 3 saturated heterocycles. The van der Waals surface area contributed by atoms with E-state index in [0.717, 1.165) is 37.9 Å². The van der Waals surface area contributed by atoms with Crippen molar-refractivity contribution in [1.82, 2.24) is 15.6 Å². The Kier molecular flexibility index (Phi) is 5.49. The number of hydrogen-bond donors (Lipinski definition) is 2. The maximum atomic E-state index is 12.7. The van der Waals surface area contributed by atoms with E-state index in [1.807, 2.05) is 4.90 Å². The average molecular weight is 396 g/mol. The Morgan fingerprint density at radius 2 is 1.82 bits per heavy atom. The standard InChI is InChI=1S/C20H27F3N4O/c21-20(22,23)14-1-4-18(24-12-14)27-7-5-15(6-8-27)26-19(28)11-13-9-16-2-3-17(10-13)25-16/h1,4,12-13,15-17,25H,2-3,5-11H2,(H,26,28). The molecule has 2 atom stereocenters. The summed E-state index contributed by atoms with van der Waals surface area (Å²) in [6, 6.07) is 3.82. The monoisotopic (exact) mass is 396 g/mol. The molecule has 4 heterocycles. The number of alkyl halides is 3. The minimum absolute atomic E-state index is 0.136. The lowest BCUT2D eigenvalue weighted by Crippen LogP contribution is -2.46. The van der Waals surface area contributed by atoms with E-state index in [4.69, 9.17) is 0 Å². The third kappa shape index (κ3) is 4.59. The first-order chi connectivity index (χ1) is 13.4. The minimum Gasteiger partial charge on any atom is -0.356 e. The quantitative estimate of drug-likeness (QED) is 0.821. The number of halogens is 3. The summed E-state index contributed by atoms with van der Waals surface area (Å²) in [5.41, 5.74) is -0.732. The number of amides is 1. The molecule has 1 aromatic rings. The molecule has 1 amide bonds. The molecule has 0 aliphatic carbocycles. The van der Waals surface area contributed by atoms with Crippen LogP contribution in [-0.2, 0) is 11.0 Å². The molecule has 28 heavy (non-hydrogen) atoms. The Morgan fingerprint density at radius 3 is 2.39 bits per heavy atom. The van der Waals surface area contributed by atoms with Crippen molar-refractivity contribution in [2.45, 2.75) is 69.2 Å². The summed E-state index contributed by atoms with van der Waals surface area (Å²) in [6.07, 6.45) is 3.36. The third-order valence-electron chi connectivity index (χ3n) is 6.30. The highest BCUT2D eigenvalue weighted by atomic mass is 19.4. The number of hydrogen-bond acceptors (Lipinski definition) is 4. The number of fused-ring (bicyclic) bond motifs is 2. The summed E-state index contributed by atoms with van der Waals surface area (Å²) in [7, 11) is 0. The Hall–Kier alpha value is -1.83. The van der Waals surface area contributed by atoms with Gasteiger partial charge in [-0.2, -0.15) is 13.2 Å². The fraction of sp³-hybridized carbons (Fsp3) is 0.700. The van der Waals surface area contributed by atoms with Crippen molar-refractivity contribution in [2.75, 3.05) is 18.0 Å². The van der Waals surface area contributed by atoms with Crippen molar-refractivity contribution in [3.8, 4) is 0 Å². The van der Waals surface area contributed by atoms with Crippen LogP contribution >= 0.6 is 0 Å². The number of aromatic nitrogens is 1. The Morgan fingerprint density at radius 1 is 1.14 bits per heavy atom. The number of nitrogens with zero attached hydrogens (tertiary/aromatic N) is 2. The van der Waals surface area contributed by atoms with Gasteiger partial charge in [-0.25, -0.2) is 4.98 Å². The van der Waals surface area contributed by atoms with E-state index in [2.05, 4.69) is 15.6 Å². The third-order valence-corrected chi connectivity index (χ3v) is 6.30. The average Bonchev–Trinajstić information content (AvgIpc) is 3.00. The van der Waals surface area contributed by atoms with E-state index in [0.29, 0.717) is 43.3 Å². The summed E-state index contributed by atoms with van der Waals surface area (Å²) in [4.78, 5) is 18.4. The van der Waals surface area contributed by atoms with Crippen LogP contribution in [0.5, 0.6) is 0 Å². The SMILES string of the molecule is O=C(CC1CC2CCC(C1)N2)NC1CCN(c2ccc(C(F)(F)F)cn2)CC1. The maximum absolute atomic E-state index is 12.7. The second-order valence-electron chi connectivity index (χ2n) is 8.41. The fourth-order valence-electron chi connectivity index (χ4n) is 4.88. The van der Waals surface area contributed by atoms with Crippen molar-refractivity contribution in [2.24, 2.45) is 5.92 Å². The number of rotatable bonds is 4. The number of piperidine rings is 2. The van der Waals surface area contributed by atoms with Gasteiger partial charge in [0.05, 0.1) is 5.56 Å². The minimum atomic E-state index is -4.36. The lowest BCUT2D eigenvalue weighted by atomic mass is 9.89. The van der Waals surface area contributed by atoms with Crippen LogP contribution in [0.2, 0.25) is 0 Å². The largest absolute Gasteiger partial charge is 0.417 e. The number of carbonyl (C=O) groups excluding carboxylic acids is 1. The molecule has 2 unspecified atom stereocenters. The second-order valence-corrected chi connectivity index (χ2v) is 8.41. The van der Waals surface area contributed by atoms with Crippen LogP contribution in [-0.4, -0.2) is 42.1 Å². The van der Waals surface area contributed by atoms with Crippen LogP contribution < -0.4 is 15.5 Å². The highest BCUT2D eigenvalue weighted by Crippen LogP contribution is 2.33. The van der Waals surface area contributed by atoms with Gasteiger partial charge in [-0.1, -0.05) is 0 Å². The van der Waals surface area contributed by atoms with Gasteiger partial charge in [-0.05, 0) is 56.6 Å². The molecule has 3 aliphatic heterocycles. The molecule has 0 saturated carbocycles. The van der Waals surface area contributed by atoms with Crippen molar-refractivity contribution in [1.29, 1.82) is 0 Å². The predicted molar refractivity (Wildman–Crippen MR) is 99.9 cm³/mol. The topological polar surface area (TPSA) is 57.3 Å². The van der Waals surface area contributed by atoms with Crippen LogP contribution in [0.4, 0.5) is 19.0 Å². The van der Waals surface area contributed by atoms with E-state index >= 15 is 0 Å². The van der Waals surface area contributed by atoms with E-state index in [1.54, 1.807) is 0 Å². The zero-order valence-corrected chi connectivity index (χ0v) is 15.8. The molecule has 1 aromatic heterocycles. The lowest BCUT2D eigenvalue weighted by molar-refractivity contribution is -0.137. The first kappa shape index (κ1) is 19.5. The van der Waals surface area contributed by atoms with Gasteiger partial charge >= 0.3 is 6.18 Å². The first-order valence-corrected chi connectivity index (χ1v) is 10.2. The van der Waals surface area contributed by atoms with Crippen LogP contribution in [0.3, 0.4) is 0 Å². The number of nitrogens with one attached hydrogen (secondary N) is 2. The van der Waals surface area contributed by atoms with E-state index in [9.17, 15) is 18.0 Å². The Labute approximate surface area is 163 Å². The van der Waals surface area contributed by atoms with Gasteiger partial charge in [0.1, 0.15) is 5.82 Å². The van der Waals surface area contributed by atoms with Gasteiger partial charge in [-0.15, -0.1) is 0 Å². The van der Waals surface area contributed by atoms with Crippen molar-refractivity contribution >= 4 is 11.7 Å². The molecule has 8 heteroatoms. The number of pyridine rings is 1. The zero-order chi connectivity index (χ0) is 19.7. The molecule has 154 valence electrons. The summed E-state index contributed by atoms with van der Waals surface area (Å²) >= 11 is 0. The molecular formula is C20H27F3N4O. The lowest BCUT2D eigenvalue weighted by Gasteiger charge is -2.34.